The lowest BCUT2D eigenvalue weighted by molar-refractivity contribution is -0.145. The number of carboxylic acids is 1. The highest BCUT2D eigenvalue weighted by molar-refractivity contribution is 7.13. The normalized spacial score (nSPS) is 12.0. The quantitative estimate of drug-likeness (QED) is 0.832. The molecule has 0 radical (unpaired) electrons. The Hall–Kier alpha value is -2.28. The average Bonchev–Trinajstić information content (AvgIpc) is 3.00. The molecule has 24 heavy (non-hydrogen) atoms. The average molecular weight is 350 g/mol. The van der Waals surface area contributed by atoms with E-state index in [0.29, 0.717) is 22.7 Å². The standard InChI is InChI=1S/C17H19FN2O3S/c1-3-11(2)20(9-16(22)23)15(21)8-14-10-24-17(19-14)12-5-4-6-13(18)7-12/h4-7,10-11H,3,8-9H2,1-2H3,(H,22,23). The summed E-state index contributed by atoms with van der Waals surface area (Å²) in [5.41, 5.74) is 1.21. The topological polar surface area (TPSA) is 70.5 Å². The van der Waals surface area contributed by atoms with Gasteiger partial charge in [0.25, 0.3) is 0 Å². The summed E-state index contributed by atoms with van der Waals surface area (Å²) in [6, 6.07) is 5.95. The van der Waals surface area contributed by atoms with Crippen LogP contribution in [0.5, 0.6) is 0 Å². The summed E-state index contributed by atoms with van der Waals surface area (Å²) in [5.74, 6) is -1.66. The van der Waals surface area contributed by atoms with Gasteiger partial charge in [-0.3, -0.25) is 9.59 Å². The third-order valence-electron chi connectivity index (χ3n) is 3.70. The molecule has 7 heteroatoms. The number of aliphatic carboxylic acids is 1. The first-order valence-corrected chi connectivity index (χ1v) is 8.50. The molecule has 0 spiro atoms. The van der Waals surface area contributed by atoms with E-state index in [1.165, 1.54) is 28.4 Å². The number of carboxylic acid groups (broad SMARTS) is 1. The van der Waals surface area contributed by atoms with Crippen LogP contribution in [-0.4, -0.2) is 39.5 Å². The van der Waals surface area contributed by atoms with Crippen molar-refractivity contribution in [2.45, 2.75) is 32.7 Å². The van der Waals surface area contributed by atoms with Gasteiger partial charge in [0, 0.05) is 17.0 Å². The van der Waals surface area contributed by atoms with Gasteiger partial charge in [-0.15, -0.1) is 11.3 Å². The monoisotopic (exact) mass is 350 g/mol. The first kappa shape index (κ1) is 18.1. The molecule has 0 saturated heterocycles. The number of carbonyl (C=O) groups excluding carboxylic acids is 1. The molecular weight excluding hydrogens is 331 g/mol. The number of carbonyl (C=O) groups is 2. The summed E-state index contributed by atoms with van der Waals surface area (Å²) in [7, 11) is 0. The highest BCUT2D eigenvalue weighted by Crippen LogP contribution is 2.24. The minimum Gasteiger partial charge on any atom is -0.480 e. The van der Waals surface area contributed by atoms with Crippen LogP contribution in [0.4, 0.5) is 4.39 Å². The van der Waals surface area contributed by atoms with Crippen LogP contribution in [0.3, 0.4) is 0 Å². The van der Waals surface area contributed by atoms with Crippen molar-refractivity contribution in [3.05, 3.63) is 41.2 Å². The highest BCUT2D eigenvalue weighted by atomic mass is 32.1. The Morgan fingerprint density at radius 1 is 1.42 bits per heavy atom. The SMILES string of the molecule is CCC(C)N(CC(=O)O)C(=O)Cc1csc(-c2cccc(F)c2)n1. The maximum atomic E-state index is 13.3. The van der Waals surface area contributed by atoms with Crippen molar-refractivity contribution in [3.63, 3.8) is 0 Å². The van der Waals surface area contributed by atoms with Gasteiger partial charge in [0.2, 0.25) is 5.91 Å². The van der Waals surface area contributed by atoms with E-state index in [1.807, 2.05) is 13.8 Å². The van der Waals surface area contributed by atoms with Crippen molar-refractivity contribution < 1.29 is 19.1 Å². The van der Waals surface area contributed by atoms with Gasteiger partial charge in [0.1, 0.15) is 17.4 Å². The number of nitrogens with zero attached hydrogens (tertiary/aromatic N) is 2. The van der Waals surface area contributed by atoms with E-state index in [1.54, 1.807) is 17.5 Å². The Bertz CT molecular complexity index is 732. The van der Waals surface area contributed by atoms with Gasteiger partial charge in [-0.25, -0.2) is 9.37 Å². The Morgan fingerprint density at radius 3 is 2.79 bits per heavy atom. The van der Waals surface area contributed by atoms with Gasteiger partial charge >= 0.3 is 5.97 Å². The number of hydrogen-bond acceptors (Lipinski definition) is 4. The third-order valence-corrected chi connectivity index (χ3v) is 4.64. The lowest BCUT2D eigenvalue weighted by atomic mass is 10.2. The number of benzene rings is 1. The van der Waals surface area contributed by atoms with Gasteiger partial charge < -0.3 is 10.0 Å². The van der Waals surface area contributed by atoms with Gasteiger partial charge in [-0.2, -0.15) is 0 Å². The number of rotatable bonds is 7. The van der Waals surface area contributed by atoms with Gasteiger partial charge in [0.05, 0.1) is 12.1 Å². The molecule has 0 aliphatic heterocycles. The maximum absolute atomic E-state index is 13.3. The van der Waals surface area contributed by atoms with Crippen molar-refractivity contribution >= 4 is 23.2 Å². The Kier molecular flexibility index (Phi) is 6.03. The van der Waals surface area contributed by atoms with E-state index in [-0.39, 0.29) is 30.7 Å². The summed E-state index contributed by atoms with van der Waals surface area (Å²) in [5, 5.41) is 11.4. The van der Waals surface area contributed by atoms with E-state index in [2.05, 4.69) is 4.98 Å². The molecule has 2 aromatic rings. The summed E-state index contributed by atoms with van der Waals surface area (Å²) in [6.07, 6.45) is 0.702. The molecule has 1 heterocycles. The fourth-order valence-corrected chi connectivity index (χ4v) is 3.07. The highest BCUT2D eigenvalue weighted by Gasteiger charge is 2.22. The van der Waals surface area contributed by atoms with E-state index in [9.17, 15) is 14.0 Å². The van der Waals surface area contributed by atoms with Crippen molar-refractivity contribution in [3.8, 4) is 10.6 Å². The number of halogens is 1. The predicted octanol–water partition coefficient (Wildman–Crippen LogP) is 3.20. The van der Waals surface area contributed by atoms with E-state index in [0.717, 1.165) is 0 Å². The second-order valence-corrected chi connectivity index (χ2v) is 6.36. The molecule has 1 unspecified atom stereocenters. The molecule has 1 N–H and O–H groups in total. The second kappa shape index (κ2) is 8.01. The summed E-state index contributed by atoms with van der Waals surface area (Å²) in [6.45, 7) is 3.40. The molecule has 2 rings (SSSR count). The molecular formula is C17H19FN2O3S. The Balaban J connectivity index is 2.12. The smallest absolute Gasteiger partial charge is 0.323 e. The van der Waals surface area contributed by atoms with Crippen LogP contribution in [-0.2, 0) is 16.0 Å². The lowest BCUT2D eigenvalue weighted by Gasteiger charge is -2.26. The molecule has 1 atom stereocenters. The van der Waals surface area contributed by atoms with Crippen LogP contribution in [0.15, 0.2) is 29.6 Å². The van der Waals surface area contributed by atoms with E-state index < -0.39 is 5.97 Å². The molecule has 128 valence electrons. The van der Waals surface area contributed by atoms with Crippen LogP contribution in [0.1, 0.15) is 26.0 Å². The minimum absolute atomic E-state index is 0.0312. The van der Waals surface area contributed by atoms with Crippen LogP contribution in [0.25, 0.3) is 10.6 Å². The third kappa shape index (κ3) is 4.61. The molecule has 0 saturated carbocycles. The van der Waals surface area contributed by atoms with Crippen LogP contribution < -0.4 is 0 Å². The van der Waals surface area contributed by atoms with Crippen LogP contribution in [0, 0.1) is 5.82 Å². The molecule has 1 aromatic carbocycles. The first-order valence-electron chi connectivity index (χ1n) is 7.62. The fourth-order valence-electron chi connectivity index (χ4n) is 2.25. The van der Waals surface area contributed by atoms with Gasteiger partial charge in [-0.05, 0) is 25.5 Å². The molecule has 1 amide bonds. The second-order valence-electron chi connectivity index (χ2n) is 5.50. The van der Waals surface area contributed by atoms with E-state index in [4.69, 9.17) is 5.11 Å². The summed E-state index contributed by atoms with van der Waals surface area (Å²) in [4.78, 5) is 29.1. The Morgan fingerprint density at radius 2 is 2.17 bits per heavy atom. The minimum atomic E-state index is -1.04. The molecule has 0 aliphatic rings. The molecule has 0 fully saturated rings. The maximum Gasteiger partial charge on any atom is 0.323 e. The zero-order valence-corrected chi connectivity index (χ0v) is 14.3. The van der Waals surface area contributed by atoms with Gasteiger partial charge in [0.15, 0.2) is 0 Å². The van der Waals surface area contributed by atoms with Crippen molar-refractivity contribution in [1.82, 2.24) is 9.88 Å². The van der Waals surface area contributed by atoms with Crippen LogP contribution in [0.2, 0.25) is 0 Å². The number of thiazole rings is 1. The largest absolute Gasteiger partial charge is 0.480 e. The number of aromatic nitrogens is 1. The number of hydrogen-bond donors (Lipinski definition) is 1. The zero-order chi connectivity index (χ0) is 17.7. The van der Waals surface area contributed by atoms with E-state index >= 15 is 0 Å². The Labute approximate surface area is 143 Å². The number of amides is 1. The van der Waals surface area contributed by atoms with Crippen molar-refractivity contribution in [1.29, 1.82) is 0 Å². The molecule has 0 bridgehead atoms. The predicted molar refractivity (Wildman–Crippen MR) is 90.3 cm³/mol. The molecule has 5 nitrogen and oxygen atoms in total. The van der Waals surface area contributed by atoms with Gasteiger partial charge in [-0.1, -0.05) is 19.1 Å². The van der Waals surface area contributed by atoms with Crippen molar-refractivity contribution in [2.24, 2.45) is 0 Å². The fraction of sp³-hybridized carbons (Fsp3) is 0.353. The molecule has 0 aliphatic carbocycles. The molecule has 1 aromatic heterocycles. The van der Waals surface area contributed by atoms with Crippen molar-refractivity contribution in [2.75, 3.05) is 6.54 Å². The summed E-state index contributed by atoms with van der Waals surface area (Å²) < 4.78 is 13.3. The lowest BCUT2D eigenvalue weighted by Crippen LogP contribution is -2.42. The van der Waals surface area contributed by atoms with Crippen LogP contribution >= 0.6 is 11.3 Å². The summed E-state index contributed by atoms with van der Waals surface area (Å²) >= 11 is 1.33. The zero-order valence-electron chi connectivity index (χ0n) is 13.5. The first-order chi connectivity index (χ1) is 11.4.